The van der Waals surface area contributed by atoms with E-state index in [4.69, 9.17) is 0 Å². The van der Waals surface area contributed by atoms with Gasteiger partial charge in [0.1, 0.15) is 12.1 Å². The van der Waals surface area contributed by atoms with E-state index in [0.29, 0.717) is 0 Å². The molecule has 1 N–H and O–H groups in total. The highest BCUT2D eigenvalue weighted by molar-refractivity contribution is 7.99. The Kier molecular flexibility index (Phi) is 3.20. The van der Waals surface area contributed by atoms with Crippen molar-refractivity contribution in [3.05, 3.63) is 54.1 Å². The summed E-state index contributed by atoms with van der Waals surface area (Å²) in [5, 5.41) is 4.60. The molecule has 5 heteroatoms. The molecule has 0 saturated carbocycles. The molecule has 0 saturated heterocycles. The number of nitrogens with one attached hydrogen (secondary N) is 1. The van der Waals surface area contributed by atoms with Crippen LogP contribution in [0.2, 0.25) is 0 Å². The number of hydrogen-bond acceptors (Lipinski definition) is 5. The molecule has 0 aliphatic carbocycles. The van der Waals surface area contributed by atoms with Crippen LogP contribution in [0.5, 0.6) is 0 Å². The number of fused-ring (bicyclic) bond motifs is 3. The van der Waals surface area contributed by atoms with E-state index in [-0.39, 0.29) is 0 Å². The van der Waals surface area contributed by atoms with Gasteiger partial charge in [-0.3, -0.25) is 4.98 Å². The summed E-state index contributed by atoms with van der Waals surface area (Å²) >= 11 is 1.91. The quantitative estimate of drug-likeness (QED) is 0.803. The summed E-state index contributed by atoms with van der Waals surface area (Å²) in [5.74, 6) is 2.06. The van der Waals surface area contributed by atoms with Crippen molar-refractivity contribution in [2.45, 2.75) is 17.9 Å². The van der Waals surface area contributed by atoms with Gasteiger partial charge >= 0.3 is 0 Å². The van der Waals surface area contributed by atoms with Crippen LogP contribution in [0.25, 0.3) is 10.9 Å². The molecule has 1 aliphatic rings. The van der Waals surface area contributed by atoms with E-state index in [2.05, 4.69) is 38.5 Å². The van der Waals surface area contributed by atoms with E-state index in [0.717, 1.165) is 35.6 Å². The summed E-state index contributed by atoms with van der Waals surface area (Å²) in [6.07, 6.45) is 6.37. The first-order chi connectivity index (χ1) is 10.4. The molecule has 0 unspecified atom stereocenters. The lowest BCUT2D eigenvalue weighted by Crippen LogP contribution is -2.04. The van der Waals surface area contributed by atoms with Crippen LogP contribution < -0.4 is 5.32 Å². The Morgan fingerprint density at radius 2 is 2.19 bits per heavy atom. The molecular formula is C16H14N4S. The van der Waals surface area contributed by atoms with Crippen molar-refractivity contribution in [2.75, 3.05) is 11.1 Å². The lowest BCUT2D eigenvalue weighted by atomic mass is 10.1. The van der Waals surface area contributed by atoms with Crippen molar-refractivity contribution in [1.29, 1.82) is 0 Å². The van der Waals surface area contributed by atoms with E-state index in [1.807, 2.05) is 24.0 Å². The molecule has 1 aliphatic heterocycles. The Morgan fingerprint density at radius 1 is 1.19 bits per heavy atom. The number of thioether (sulfide) groups is 1. The lowest BCUT2D eigenvalue weighted by molar-refractivity contribution is 1.07. The van der Waals surface area contributed by atoms with Crippen molar-refractivity contribution in [3.63, 3.8) is 0 Å². The fourth-order valence-corrected chi connectivity index (χ4v) is 3.74. The highest BCUT2D eigenvalue weighted by Crippen LogP contribution is 2.37. The zero-order chi connectivity index (χ0) is 14.1. The Morgan fingerprint density at radius 3 is 3.10 bits per heavy atom. The molecule has 3 heterocycles. The first-order valence-electron chi connectivity index (χ1n) is 6.94. The van der Waals surface area contributed by atoms with Gasteiger partial charge in [-0.2, -0.15) is 0 Å². The zero-order valence-electron chi connectivity index (χ0n) is 11.4. The third-order valence-corrected chi connectivity index (χ3v) is 4.76. The maximum absolute atomic E-state index is 4.45. The molecule has 0 bridgehead atoms. The number of hydrogen-bond donors (Lipinski definition) is 1. The molecule has 0 fully saturated rings. The third-order valence-electron chi connectivity index (χ3n) is 3.66. The zero-order valence-corrected chi connectivity index (χ0v) is 12.2. The standard InChI is InChI=1S/C16H14N4S/c1-2-11(8-17-6-1)9-18-16-15-12-5-7-21-14(12)4-3-13(15)19-10-20-16/h1-4,6,8,10H,5,7,9H2,(H,18,19,20). The number of rotatable bonds is 3. The van der Waals surface area contributed by atoms with E-state index in [1.165, 1.54) is 15.8 Å². The number of nitrogens with zero attached hydrogens (tertiary/aromatic N) is 3. The summed E-state index contributed by atoms with van der Waals surface area (Å²) in [6, 6.07) is 8.27. The number of anilines is 1. The first-order valence-corrected chi connectivity index (χ1v) is 7.92. The normalized spacial score (nSPS) is 13.3. The molecule has 3 aromatic rings. The van der Waals surface area contributed by atoms with Crippen LogP contribution in [0.4, 0.5) is 5.82 Å². The predicted octanol–water partition coefficient (Wildman–Crippen LogP) is 3.29. The Labute approximate surface area is 127 Å². The number of pyridine rings is 1. The monoisotopic (exact) mass is 294 g/mol. The minimum atomic E-state index is 0.719. The Balaban J connectivity index is 1.73. The van der Waals surface area contributed by atoms with Crippen LogP contribution in [0, 0.1) is 0 Å². The molecule has 104 valence electrons. The topological polar surface area (TPSA) is 50.7 Å². The van der Waals surface area contributed by atoms with Gasteiger partial charge < -0.3 is 5.32 Å². The molecule has 4 rings (SSSR count). The van der Waals surface area contributed by atoms with E-state index >= 15 is 0 Å². The molecule has 0 spiro atoms. The molecule has 21 heavy (non-hydrogen) atoms. The maximum Gasteiger partial charge on any atom is 0.137 e. The number of aryl methyl sites for hydroxylation is 1. The van der Waals surface area contributed by atoms with Gasteiger partial charge in [-0.05, 0) is 35.7 Å². The second-order valence-electron chi connectivity index (χ2n) is 4.97. The molecule has 1 aromatic carbocycles. The average Bonchev–Trinajstić information content (AvgIpc) is 3.02. The van der Waals surface area contributed by atoms with Crippen molar-refractivity contribution in [3.8, 4) is 0 Å². The van der Waals surface area contributed by atoms with Gasteiger partial charge in [-0.1, -0.05) is 6.07 Å². The van der Waals surface area contributed by atoms with Crippen molar-refractivity contribution >= 4 is 28.5 Å². The third kappa shape index (κ3) is 2.34. The molecule has 0 amide bonds. The van der Waals surface area contributed by atoms with Gasteiger partial charge in [0.25, 0.3) is 0 Å². The summed E-state index contributed by atoms with van der Waals surface area (Å²) in [5.41, 5.74) is 3.54. The van der Waals surface area contributed by atoms with Gasteiger partial charge in [0.15, 0.2) is 0 Å². The predicted molar refractivity (Wildman–Crippen MR) is 85.5 cm³/mol. The minimum absolute atomic E-state index is 0.719. The fourth-order valence-electron chi connectivity index (χ4n) is 2.67. The van der Waals surface area contributed by atoms with E-state index in [9.17, 15) is 0 Å². The smallest absolute Gasteiger partial charge is 0.137 e. The maximum atomic E-state index is 4.45. The molecule has 0 atom stereocenters. The number of benzene rings is 1. The summed E-state index contributed by atoms with van der Waals surface area (Å²) in [7, 11) is 0. The largest absolute Gasteiger partial charge is 0.365 e. The van der Waals surface area contributed by atoms with Crippen LogP contribution in [-0.4, -0.2) is 20.7 Å². The van der Waals surface area contributed by atoms with Crippen LogP contribution in [0.3, 0.4) is 0 Å². The second kappa shape index (κ2) is 5.33. The lowest BCUT2D eigenvalue weighted by Gasteiger charge is -2.11. The first kappa shape index (κ1) is 12.6. The molecule has 0 radical (unpaired) electrons. The highest BCUT2D eigenvalue weighted by Gasteiger charge is 2.17. The van der Waals surface area contributed by atoms with Crippen LogP contribution in [0.1, 0.15) is 11.1 Å². The van der Waals surface area contributed by atoms with Gasteiger partial charge in [0, 0.05) is 35.0 Å². The van der Waals surface area contributed by atoms with E-state index < -0.39 is 0 Å². The highest BCUT2D eigenvalue weighted by atomic mass is 32.2. The summed E-state index contributed by atoms with van der Waals surface area (Å²) in [4.78, 5) is 14.4. The number of aromatic nitrogens is 3. The van der Waals surface area contributed by atoms with E-state index in [1.54, 1.807) is 12.5 Å². The molecular weight excluding hydrogens is 280 g/mol. The summed E-state index contributed by atoms with van der Waals surface area (Å²) < 4.78 is 0. The van der Waals surface area contributed by atoms with Crippen molar-refractivity contribution in [1.82, 2.24) is 15.0 Å². The van der Waals surface area contributed by atoms with Gasteiger partial charge in [0.2, 0.25) is 0 Å². The van der Waals surface area contributed by atoms with Crippen LogP contribution in [-0.2, 0) is 13.0 Å². The fraction of sp³-hybridized carbons (Fsp3) is 0.188. The Hall–Kier alpha value is -2.14. The molecule has 4 nitrogen and oxygen atoms in total. The second-order valence-corrected chi connectivity index (χ2v) is 6.11. The average molecular weight is 294 g/mol. The molecule has 2 aromatic heterocycles. The SMILES string of the molecule is c1cncc(CNc2ncnc3ccc4c(c23)CCS4)c1. The van der Waals surface area contributed by atoms with Gasteiger partial charge in [0.05, 0.1) is 5.52 Å². The van der Waals surface area contributed by atoms with Crippen LogP contribution in [0.15, 0.2) is 47.9 Å². The van der Waals surface area contributed by atoms with Gasteiger partial charge in [-0.15, -0.1) is 11.8 Å². The minimum Gasteiger partial charge on any atom is -0.365 e. The van der Waals surface area contributed by atoms with Crippen molar-refractivity contribution in [2.24, 2.45) is 0 Å². The Bertz CT molecular complexity index is 789. The summed E-state index contributed by atoms with van der Waals surface area (Å²) in [6.45, 7) is 0.719. The van der Waals surface area contributed by atoms with Crippen LogP contribution >= 0.6 is 11.8 Å². The van der Waals surface area contributed by atoms with Gasteiger partial charge in [-0.25, -0.2) is 9.97 Å². The van der Waals surface area contributed by atoms with Crippen molar-refractivity contribution < 1.29 is 0 Å².